The summed E-state index contributed by atoms with van der Waals surface area (Å²) in [6.45, 7) is 0.572. The van der Waals surface area contributed by atoms with Crippen molar-refractivity contribution in [3.8, 4) is 0 Å². The van der Waals surface area contributed by atoms with Gasteiger partial charge >= 0.3 is 6.09 Å². The summed E-state index contributed by atoms with van der Waals surface area (Å²) in [7, 11) is 0. The Labute approximate surface area is 118 Å². The van der Waals surface area contributed by atoms with Crippen LogP contribution in [0.5, 0.6) is 0 Å². The van der Waals surface area contributed by atoms with Crippen molar-refractivity contribution in [3.63, 3.8) is 0 Å². The molecule has 0 saturated heterocycles. The SMILES string of the molecule is O=C(NCC1(CO)CCC1CO)OCc1ccccc1. The molecular weight excluding hydrogens is 258 g/mol. The molecule has 2 unspecified atom stereocenters. The molecule has 1 fully saturated rings. The lowest BCUT2D eigenvalue weighted by molar-refractivity contribution is -0.0514. The largest absolute Gasteiger partial charge is 0.445 e. The van der Waals surface area contributed by atoms with Gasteiger partial charge in [0.25, 0.3) is 0 Å². The van der Waals surface area contributed by atoms with Crippen molar-refractivity contribution in [1.82, 2.24) is 5.32 Å². The molecule has 0 spiro atoms. The number of carbonyl (C=O) groups excluding carboxylic acids is 1. The van der Waals surface area contributed by atoms with Crippen LogP contribution in [0.15, 0.2) is 30.3 Å². The van der Waals surface area contributed by atoms with Gasteiger partial charge in [-0.15, -0.1) is 0 Å². The van der Waals surface area contributed by atoms with Gasteiger partial charge in [-0.3, -0.25) is 0 Å². The van der Waals surface area contributed by atoms with Gasteiger partial charge in [0.15, 0.2) is 0 Å². The highest BCUT2D eigenvalue weighted by Crippen LogP contribution is 2.45. The second-order valence-corrected chi connectivity index (χ2v) is 5.35. The molecule has 0 radical (unpaired) electrons. The number of hydrogen-bond donors (Lipinski definition) is 3. The van der Waals surface area contributed by atoms with E-state index in [-0.39, 0.29) is 31.2 Å². The molecule has 1 saturated carbocycles. The van der Waals surface area contributed by atoms with Crippen LogP contribution in [0.4, 0.5) is 4.79 Å². The molecule has 1 aliphatic carbocycles. The van der Waals surface area contributed by atoms with Crippen LogP contribution in [0.25, 0.3) is 0 Å². The third-order valence-corrected chi connectivity index (χ3v) is 4.19. The van der Waals surface area contributed by atoms with Crippen LogP contribution in [-0.2, 0) is 11.3 Å². The van der Waals surface area contributed by atoms with Gasteiger partial charge in [-0.1, -0.05) is 30.3 Å². The average Bonchev–Trinajstić information content (AvgIpc) is 2.46. The quantitative estimate of drug-likeness (QED) is 0.733. The molecule has 0 aliphatic heterocycles. The number of amides is 1. The zero-order chi connectivity index (χ0) is 14.4. The zero-order valence-electron chi connectivity index (χ0n) is 11.4. The zero-order valence-corrected chi connectivity index (χ0v) is 11.4. The molecule has 2 atom stereocenters. The standard InChI is InChI=1S/C15H21NO4/c17-8-13-6-7-15(13,11-18)10-16-14(19)20-9-12-4-2-1-3-5-12/h1-5,13,17-18H,6-11H2,(H,16,19). The molecule has 20 heavy (non-hydrogen) atoms. The summed E-state index contributed by atoms with van der Waals surface area (Å²) < 4.78 is 5.11. The average molecular weight is 279 g/mol. The Kier molecular flexibility index (Phi) is 4.98. The number of hydrogen-bond acceptors (Lipinski definition) is 4. The van der Waals surface area contributed by atoms with Crippen LogP contribution in [-0.4, -0.2) is 36.1 Å². The van der Waals surface area contributed by atoms with Crippen LogP contribution in [0.3, 0.4) is 0 Å². The van der Waals surface area contributed by atoms with Crippen LogP contribution >= 0.6 is 0 Å². The Hall–Kier alpha value is -1.59. The predicted molar refractivity (Wildman–Crippen MR) is 74.0 cm³/mol. The van der Waals surface area contributed by atoms with Gasteiger partial charge in [0.05, 0.1) is 6.61 Å². The topological polar surface area (TPSA) is 78.8 Å². The normalized spacial score (nSPS) is 24.8. The maximum Gasteiger partial charge on any atom is 0.407 e. The van der Waals surface area contributed by atoms with Gasteiger partial charge in [0, 0.05) is 18.6 Å². The van der Waals surface area contributed by atoms with Crippen LogP contribution in [0.2, 0.25) is 0 Å². The van der Waals surface area contributed by atoms with Crippen molar-refractivity contribution in [2.75, 3.05) is 19.8 Å². The van der Waals surface area contributed by atoms with Crippen LogP contribution < -0.4 is 5.32 Å². The van der Waals surface area contributed by atoms with E-state index in [4.69, 9.17) is 4.74 Å². The van der Waals surface area contributed by atoms with E-state index in [0.717, 1.165) is 18.4 Å². The highest BCUT2D eigenvalue weighted by atomic mass is 16.5. The Morgan fingerprint density at radius 1 is 1.35 bits per heavy atom. The Morgan fingerprint density at radius 2 is 2.10 bits per heavy atom. The minimum Gasteiger partial charge on any atom is -0.445 e. The fraction of sp³-hybridized carbons (Fsp3) is 0.533. The van der Waals surface area contributed by atoms with E-state index in [0.29, 0.717) is 6.54 Å². The number of aliphatic hydroxyl groups excluding tert-OH is 2. The van der Waals surface area contributed by atoms with Gasteiger partial charge in [-0.25, -0.2) is 4.79 Å². The van der Waals surface area contributed by atoms with Crippen molar-refractivity contribution in [1.29, 1.82) is 0 Å². The maximum absolute atomic E-state index is 11.6. The first-order valence-corrected chi connectivity index (χ1v) is 6.86. The summed E-state index contributed by atoms with van der Waals surface area (Å²) in [5.41, 5.74) is 0.539. The monoisotopic (exact) mass is 279 g/mol. The number of ether oxygens (including phenoxy) is 1. The first-order chi connectivity index (χ1) is 9.70. The summed E-state index contributed by atoms with van der Waals surface area (Å²) in [6, 6.07) is 9.45. The van der Waals surface area contributed by atoms with Crippen molar-refractivity contribution < 1.29 is 19.7 Å². The first kappa shape index (κ1) is 14.8. The van der Waals surface area contributed by atoms with E-state index < -0.39 is 6.09 Å². The molecule has 0 heterocycles. The summed E-state index contributed by atoms with van der Waals surface area (Å²) in [6.07, 6.45) is 1.20. The molecule has 1 aliphatic rings. The van der Waals surface area contributed by atoms with E-state index in [2.05, 4.69) is 5.32 Å². The Morgan fingerprint density at radius 3 is 2.65 bits per heavy atom. The van der Waals surface area contributed by atoms with E-state index in [9.17, 15) is 15.0 Å². The minimum atomic E-state index is -0.495. The Balaban J connectivity index is 1.75. The molecule has 3 N–H and O–H groups in total. The number of benzene rings is 1. The van der Waals surface area contributed by atoms with Crippen molar-refractivity contribution >= 4 is 6.09 Å². The highest BCUT2D eigenvalue weighted by molar-refractivity contribution is 5.67. The number of carbonyl (C=O) groups is 1. The van der Waals surface area contributed by atoms with Gasteiger partial charge in [-0.2, -0.15) is 0 Å². The summed E-state index contributed by atoms with van der Waals surface area (Å²) in [5.74, 6) is 0.0573. The predicted octanol–water partition coefficient (Wildman–Crippen LogP) is 1.29. The second kappa shape index (κ2) is 6.72. The third-order valence-electron chi connectivity index (χ3n) is 4.19. The number of aliphatic hydroxyl groups is 2. The molecule has 1 aromatic carbocycles. The molecule has 1 aromatic rings. The van der Waals surface area contributed by atoms with Gasteiger partial charge in [0.2, 0.25) is 0 Å². The van der Waals surface area contributed by atoms with Gasteiger partial charge in [0.1, 0.15) is 6.61 Å². The lowest BCUT2D eigenvalue weighted by Gasteiger charge is -2.47. The molecule has 2 rings (SSSR count). The van der Waals surface area contributed by atoms with Crippen LogP contribution in [0, 0.1) is 11.3 Å². The summed E-state index contributed by atoms with van der Waals surface area (Å²) in [5, 5.41) is 21.3. The molecule has 0 bridgehead atoms. The molecule has 5 nitrogen and oxygen atoms in total. The lowest BCUT2D eigenvalue weighted by Crippen LogP contribution is -2.52. The molecule has 1 amide bonds. The smallest absolute Gasteiger partial charge is 0.407 e. The fourth-order valence-electron chi connectivity index (χ4n) is 2.56. The first-order valence-electron chi connectivity index (χ1n) is 6.86. The highest BCUT2D eigenvalue weighted by Gasteiger charge is 2.46. The molecule has 5 heteroatoms. The van der Waals surface area contributed by atoms with Crippen molar-refractivity contribution in [2.24, 2.45) is 11.3 Å². The van der Waals surface area contributed by atoms with E-state index in [1.54, 1.807) is 0 Å². The fourth-order valence-corrected chi connectivity index (χ4v) is 2.56. The summed E-state index contributed by atoms with van der Waals surface area (Å²) in [4.78, 5) is 11.6. The van der Waals surface area contributed by atoms with Crippen molar-refractivity contribution in [3.05, 3.63) is 35.9 Å². The third kappa shape index (κ3) is 3.29. The van der Waals surface area contributed by atoms with Gasteiger partial charge in [-0.05, 0) is 24.3 Å². The van der Waals surface area contributed by atoms with Crippen molar-refractivity contribution in [2.45, 2.75) is 19.4 Å². The molecule has 110 valence electrons. The van der Waals surface area contributed by atoms with E-state index in [1.807, 2.05) is 30.3 Å². The lowest BCUT2D eigenvalue weighted by atomic mass is 9.60. The van der Waals surface area contributed by atoms with E-state index in [1.165, 1.54) is 0 Å². The number of nitrogens with one attached hydrogen (secondary N) is 1. The summed E-state index contributed by atoms with van der Waals surface area (Å²) >= 11 is 0. The maximum atomic E-state index is 11.6. The van der Waals surface area contributed by atoms with Crippen LogP contribution in [0.1, 0.15) is 18.4 Å². The molecule has 0 aromatic heterocycles. The van der Waals surface area contributed by atoms with E-state index >= 15 is 0 Å². The molecular formula is C15H21NO4. The minimum absolute atomic E-state index is 0.0306. The Bertz CT molecular complexity index is 431. The second-order valence-electron chi connectivity index (χ2n) is 5.35. The number of alkyl carbamates (subject to hydrolysis) is 1. The number of rotatable bonds is 6. The van der Waals surface area contributed by atoms with Gasteiger partial charge < -0.3 is 20.3 Å².